The molecule has 3 atom stereocenters. The van der Waals surface area contributed by atoms with Crippen LogP contribution in [0.25, 0.3) is 10.8 Å². The number of nitrogens with one attached hydrogen (secondary N) is 1. The molecule has 0 aromatic heterocycles. The predicted octanol–water partition coefficient (Wildman–Crippen LogP) is 10.1. The van der Waals surface area contributed by atoms with Crippen LogP contribution in [0.1, 0.15) is 46.2 Å². The summed E-state index contributed by atoms with van der Waals surface area (Å²) in [6.45, 7) is 2.61. The van der Waals surface area contributed by atoms with Gasteiger partial charge in [-0.15, -0.1) is 0 Å². The van der Waals surface area contributed by atoms with Crippen LogP contribution in [-0.4, -0.2) is 13.3 Å². The summed E-state index contributed by atoms with van der Waals surface area (Å²) >= 11 is 3.70. The summed E-state index contributed by atoms with van der Waals surface area (Å²) in [7, 11) is 1.66. The zero-order valence-corrected chi connectivity index (χ0v) is 25.8. The van der Waals surface area contributed by atoms with E-state index in [4.69, 9.17) is 14.5 Å². The summed E-state index contributed by atoms with van der Waals surface area (Å²) < 4.78 is 12.8. The van der Waals surface area contributed by atoms with Crippen LogP contribution < -0.4 is 14.8 Å². The second kappa shape index (κ2) is 11.7. The summed E-state index contributed by atoms with van der Waals surface area (Å²) in [5.74, 6) is 2.32. The number of rotatable bonds is 7. The molecule has 0 saturated carbocycles. The summed E-state index contributed by atoms with van der Waals surface area (Å²) in [5.41, 5.74) is 8.23. The average molecular weight is 630 g/mol. The molecule has 0 spiro atoms. The molecule has 5 heteroatoms. The lowest BCUT2D eigenvalue weighted by molar-refractivity contribution is 0.283. The van der Waals surface area contributed by atoms with Crippen molar-refractivity contribution in [2.24, 2.45) is 10.9 Å². The maximum atomic E-state index is 6.27. The van der Waals surface area contributed by atoms with E-state index in [9.17, 15) is 0 Å². The fourth-order valence-corrected chi connectivity index (χ4v) is 7.06. The first-order valence-electron chi connectivity index (χ1n) is 14.7. The molecule has 4 nitrogen and oxygen atoms in total. The van der Waals surface area contributed by atoms with Crippen molar-refractivity contribution in [2.45, 2.75) is 31.9 Å². The molecule has 0 radical (unpaired) electrons. The maximum absolute atomic E-state index is 6.27. The van der Waals surface area contributed by atoms with E-state index in [0.717, 1.165) is 27.7 Å². The lowest BCUT2D eigenvalue weighted by atomic mass is 9.76. The van der Waals surface area contributed by atoms with Gasteiger partial charge in [-0.25, -0.2) is 0 Å². The Bertz CT molecular complexity index is 1860. The molecule has 1 heterocycles. The number of allylic oxidation sites excluding steroid dienone is 2. The van der Waals surface area contributed by atoms with Gasteiger partial charge in [-0.1, -0.05) is 84.4 Å². The number of aryl methyl sites for hydroxylation is 1. The lowest BCUT2D eigenvalue weighted by Crippen LogP contribution is -2.29. The van der Waals surface area contributed by atoms with Gasteiger partial charge < -0.3 is 14.8 Å². The van der Waals surface area contributed by atoms with Crippen LogP contribution in [0.3, 0.4) is 0 Å². The molecule has 0 amide bonds. The zero-order chi connectivity index (χ0) is 29.3. The summed E-state index contributed by atoms with van der Waals surface area (Å²) in [4.78, 5) is 4.77. The Morgan fingerprint density at radius 3 is 2.65 bits per heavy atom. The van der Waals surface area contributed by atoms with E-state index < -0.39 is 0 Å². The highest BCUT2D eigenvalue weighted by Crippen LogP contribution is 2.50. The van der Waals surface area contributed by atoms with E-state index in [0.29, 0.717) is 29.9 Å². The largest absolute Gasteiger partial charge is 0.493 e. The quantitative estimate of drug-likeness (QED) is 0.144. The van der Waals surface area contributed by atoms with E-state index in [1.54, 1.807) is 7.11 Å². The normalized spacial score (nSPS) is 18.8. The van der Waals surface area contributed by atoms with E-state index in [-0.39, 0.29) is 6.04 Å². The molecule has 43 heavy (non-hydrogen) atoms. The average Bonchev–Trinajstić information content (AvgIpc) is 3.54. The van der Waals surface area contributed by atoms with Gasteiger partial charge in [0.1, 0.15) is 6.61 Å². The first-order valence-corrected chi connectivity index (χ1v) is 15.5. The Morgan fingerprint density at radius 1 is 0.953 bits per heavy atom. The van der Waals surface area contributed by atoms with Gasteiger partial charge in [-0.2, -0.15) is 0 Å². The van der Waals surface area contributed by atoms with E-state index in [1.807, 2.05) is 18.3 Å². The maximum Gasteiger partial charge on any atom is 0.175 e. The van der Waals surface area contributed by atoms with Crippen LogP contribution in [0.15, 0.2) is 119 Å². The molecule has 1 aliphatic heterocycles. The minimum atomic E-state index is 0.273. The number of benzene rings is 5. The van der Waals surface area contributed by atoms with Crippen molar-refractivity contribution in [1.29, 1.82) is 0 Å². The van der Waals surface area contributed by atoms with Crippen molar-refractivity contribution in [2.75, 3.05) is 12.4 Å². The Kier molecular flexibility index (Phi) is 7.50. The van der Waals surface area contributed by atoms with Crippen molar-refractivity contribution in [3.8, 4) is 11.5 Å². The number of ether oxygens (including phenoxy) is 2. The van der Waals surface area contributed by atoms with Crippen molar-refractivity contribution in [1.82, 2.24) is 0 Å². The molecular formula is C38H33BrN2O2. The molecule has 0 fully saturated rings. The summed E-state index contributed by atoms with van der Waals surface area (Å²) in [5, 5.41) is 6.22. The number of anilines is 1. The topological polar surface area (TPSA) is 42.8 Å². The molecule has 214 valence electrons. The van der Waals surface area contributed by atoms with Crippen LogP contribution in [0.5, 0.6) is 11.5 Å². The van der Waals surface area contributed by atoms with Crippen molar-refractivity contribution < 1.29 is 9.47 Å². The lowest BCUT2D eigenvalue weighted by Gasteiger charge is -2.37. The molecule has 2 aliphatic rings. The van der Waals surface area contributed by atoms with Crippen molar-refractivity contribution >= 4 is 44.3 Å². The van der Waals surface area contributed by atoms with Crippen LogP contribution in [0.4, 0.5) is 11.4 Å². The standard InChI is InChI=1S/C38H33BrN2O2/c1-24-13-18-35-33(19-24)31-11-6-12-32(31)37(41-35)27-14-16-29(17-15-27)40-22-25-20-34(39)38(36(21-25)42-2)43-23-28-9-5-8-26-7-3-4-10-30(26)28/h3-11,13-22,31-32,37,41H,12,23H2,1-2H3/t31-,32+,37-/m0/s1. The second-order valence-corrected chi connectivity index (χ2v) is 12.2. The number of halogens is 1. The molecule has 5 aromatic carbocycles. The van der Waals surface area contributed by atoms with Crippen LogP contribution in [0, 0.1) is 12.8 Å². The molecule has 7 rings (SSSR count). The number of hydrogen-bond donors (Lipinski definition) is 1. The molecule has 0 unspecified atom stereocenters. The molecule has 0 bridgehead atoms. The third-order valence-corrected chi connectivity index (χ3v) is 9.23. The summed E-state index contributed by atoms with van der Waals surface area (Å²) in [6.07, 6.45) is 7.69. The third-order valence-electron chi connectivity index (χ3n) is 8.64. The highest BCUT2D eigenvalue weighted by molar-refractivity contribution is 9.10. The van der Waals surface area contributed by atoms with Gasteiger partial charge in [-0.05, 0) is 98.6 Å². The molecule has 1 aliphatic carbocycles. The minimum Gasteiger partial charge on any atom is -0.493 e. The Labute approximate surface area is 261 Å². The number of nitrogens with zero attached hydrogens (tertiary/aromatic N) is 1. The highest BCUT2D eigenvalue weighted by atomic mass is 79.9. The molecule has 5 aromatic rings. The van der Waals surface area contributed by atoms with E-state index >= 15 is 0 Å². The Morgan fingerprint density at radius 2 is 1.79 bits per heavy atom. The first kappa shape index (κ1) is 27.5. The third kappa shape index (κ3) is 5.46. The van der Waals surface area contributed by atoms with Gasteiger partial charge in [0, 0.05) is 17.8 Å². The fourth-order valence-electron chi connectivity index (χ4n) is 6.48. The highest BCUT2D eigenvalue weighted by Gasteiger charge is 2.37. The molecular weight excluding hydrogens is 596 g/mol. The zero-order valence-electron chi connectivity index (χ0n) is 24.3. The van der Waals surface area contributed by atoms with E-state index in [1.165, 1.54) is 33.2 Å². The van der Waals surface area contributed by atoms with Gasteiger partial charge >= 0.3 is 0 Å². The first-order chi connectivity index (χ1) is 21.1. The number of fused-ring (bicyclic) bond motifs is 4. The van der Waals surface area contributed by atoms with Gasteiger partial charge in [0.15, 0.2) is 11.5 Å². The molecule has 1 N–H and O–H groups in total. The summed E-state index contributed by atoms with van der Waals surface area (Å²) in [6, 6.07) is 34.2. The predicted molar refractivity (Wildman–Crippen MR) is 180 cm³/mol. The van der Waals surface area contributed by atoms with Crippen LogP contribution >= 0.6 is 15.9 Å². The van der Waals surface area contributed by atoms with Crippen molar-refractivity contribution in [3.05, 3.63) is 142 Å². The Hall–Kier alpha value is -4.35. The van der Waals surface area contributed by atoms with E-state index in [2.05, 4.69) is 125 Å². The van der Waals surface area contributed by atoms with Crippen LogP contribution in [0.2, 0.25) is 0 Å². The van der Waals surface area contributed by atoms with Gasteiger partial charge in [0.2, 0.25) is 0 Å². The monoisotopic (exact) mass is 628 g/mol. The minimum absolute atomic E-state index is 0.273. The number of methoxy groups -OCH3 is 1. The Balaban J connectivity index is 1.07. The van der Waals surface area contributed by atoms with Crippen molar-refractivity contribution in [3.63, 3.8) is 0 Å². The van der Waals surface area contributed by atoms with Gasteiger partial charge in [0.25, 0.3) is 0 Å². The second-order valence-electron chi connectivity index (χ2n) is 11.4. The number of aliphatic imine (C=N–C) groups is 1. The fraction of sp³-hybridized carbons (Fsp3) is 0.184. The smallest absolute Gasteiger partial charge is 0.175 e. The SMILES string of the molecule is COc1cc(C=Nc2ccc([C@@H]3Nc4ccc(C)cc4[C@H]4C=CC[C@H]43)cc2)cc(Br)c1OCc1cccc2ccccc12. The van der Waals surface area contributed by atoms with Gasteiger partial charge in [0.05, 0.1) is 23.3 Å². The molecule has 0 saturated heterocycles. The van der Waals surface area contributed by atoms with Gasteiger partial charge in [-0.3, -0.25) is 4.99 Å². The number of hydrogen-bond acceptors (Lipinski definition) is 4. The van der Waals surface area contributed by atoms with Crippen LogP contribution in [-0.2, 0) is 6.61 Å².